The highest BCUT2D eigenvalue weighted by Gasteiger charge is 2.30. The van der Waals surface area contributed by atoms with Crippen LogP contribution in [0.15, 0.2) is 0 Å². The predicted molar refractivity (Wildman–Crippen MR) is 276 cm³/mol. The van der Waals surface area contributed by atoms with Crippen LogP contribution in [-0.2, 0) is 43.2 Å². The minimum atomic E-state index is -2.27. The van der Waals surface area contributed by atoms with Crippen molar-refractivity contribution in [2.75, 3.05) is 32.7 Å². The SMILES string of the molecule is CC(C)CC(CN)CC(=O)O.CC(C)CC(CN)CC(=O)O.CC(C)C[C@H](CN)CC(=O)O.CC(C)C[C@H](CN)CC(=O)O.CC(C)C[C@H](CN)CC(=O)O.O=C(O)[C@H](O)[C@@H](O)C(=O)O.O=C(O)[C@H](O)[C@@H](O)C(=O)O. The molecule has 0 bridgehead atoms. The third kappa shape index (κ3) is 64.9. The Bertz CT molecular complexity index is 1310. The highest BCUT2D eigenvalue weighted by atomic mass is 16.4. The molecule has 2 unspecified atom stereocenters. The van der Waals surface area contributed by atoms with E-state index in [0.717, 1.165) is 32.1 Å². The summed E-state index contributed by atoms with van der Waals surface area (Å²) in [5.41, 5.74) is 27.0. The summed E-state index contributed by atoms with van der Waals surface area (Å²) < 4.78 is 0. The summed E-state index contributed by atoms with van der Waals surface area (Å²) in [6, 6.07) is 0. The van der Waals surface area contributed by atoms with E-state index in [1.54, 1.807) is 0 Å². The molecular formula is C48H97N5O22. The van der Waals surface area contributed by atoms with Crippen molar-refractivity contribution in [2.45, 2.75) is 158 Å². The van der Waals surface area contributed by atoms with E-state index in [2.05, 4.69) is 69.2 Å². The molecule has 9 atom stereocenters. The third-order valence-electron chi connectivity index (χ3n) is 9.62. The van der Waals surface area contributed by atoms with Gasteiger partial charge in [0, 0.05) is 32.1 Å². The minimum absolute atomic E-state index is 0.146. The first-order valence-electron chi connectivity index (χ1n) is 24.5. The van der Waals surface area contributed by atoms with E-state index in [4.69, 9.17) is 95.1 Å². The molecule has 0 rings (SSSR count). The van der Waals surface area contributed by atoms with Crippen LogP contribution in [0, 0.1) is 59.2 Å². The molecular weight excluding hydrogens is 999 g/mol. The maximum absolute atomic E-state index is 10.3. The summed E-state index contributed by atoms with van der Waals surface area (Å²) in [5, 5.41) is 107. The van der Waals surface area contributed by atoms with Gasteiger partial charge in [0.05, 0.1) is 0 Å². The molecule has 0 aromatic rings. The van der Waals surface area contributed by atoms with Gasteiger partial charge in [-0.1, -0.05) is 69.2 Å². The van der Waals surface area contributed by atoms with Crippen molar-refractivity contribution < 1.29 is 110 Å². The van der Waals surface area contributed by atoms with Gasteiger partial charge in [0.15, 0.2) is 24.4 Å². The van der Waals surface area contributed by atoms with Crippen molar-refractivity contribution >= 4 is 53.7 Å². The van der Waals surface area contributed by atoms with Crippen LogP contribution in [0.25, 0.3) is 0 Å². The van der Waals surface area contributed by atoms with Crippen molar-refractivity contribution in [3.05, 3.63) is 0 Å². The molecule has 23 N–H and O–H groups in total. The molecule has 0 saturated carbocycles. The second-order valence-electron chi connectivity index (χ2n) is 19.8. The van der Waals surface area contributed by atoms with E-state index in [1.165, 1.54) is 0 Å². The zero-order chi connectivity index (χ0) is 60.9. The number of aliphatic hydroxyl groups excluding tert-OH is 4. The average Bonchev–Trinajstić information content (AvgIpc) is 3.26. The van der Waals surface area contributed by atoms with Gasteiger partial charge in [-0.05, 0) is 124 Å². The lowest BCUT2D eigenvalue weighted by atomic mass is 9.94. The number of rotatable bonds is 31. The number of carboxylic acid groups (broad SMARTS) is 9. The molecule has 0 saturated heterocycles. The standard InChI is InChI=1S/5C8H17NO2.2C4H6O6/c5*1-6(2)3-7(5-9)4-8(10)11;2*5-1(3(7)8)2(6)4(9)10/h5*6-7H,3-5,9H2,1-2H3,(H,10,11);2*1-2,5-6H,(H,7,8)(H,9,10)/t3*7-;;;2*1-,2-/m000..11/s1. The fourth-order valence-corrected chi connectivity index (χ4v) is 6.42. The Morgan fingerprint density at radius 3 is 0.427 bits per heavy atom. The summed E-state index contributed by atoms with van der Waals surface area (Å²) in [4.78, 5) is 90.6. The van der Waals surface area contributed by atoms with Crippen molar-refractivity contribution in [1.82, 2.24) is 0 Å². The molecule has 27 heteroatoms. The number of hydrogen-bond donors (Lipinski definition) is 18. The van der Waals surface area contributed by atoms with Crippen LogP contribution >= 0.6 is 0 Å². The molecule has 0 radical (unpaired) electrons. The van der Waals surface area contributed by atoms with E-state index >= 15 is 0 Å². The van der Waals surface area contributed by atoms with E-state index in [9.17, 15) is 43.2 Å². The summed E-state index contributed by atoms with van der Waals surface area (Å²) >= 11 is 0. The first-order chi connectivity index (χ1) is 34.2. The molecule has 0 aromatic heterocycles. The lowest BCUT2D eigenvalue weighted by Crippen LogP contribution is -2.39. The predicted octanol–water partition coefficient (Wildman–Crippen LogP) is 1.17. The zero-order valence-electron chi connectivity index (χ0n) is 45.6. The molecule has 0 amide bonds. The van der Waals surface area contributed by atoms with Gasteiger partial charge in [-0.15, -0.1) is 0 Å². The number of hydrogen-bond acceptors (Lipinski definition) is 18. The van der Waals surface area contributed by atoms with Crippen molar-refractivity contribution in [3.63, 3.8) is 0 Å². The van der Waals surface area contributed by atoms with Gasteiger partial charge >= 0.3 is 53.7 Å². The summed E-state index contributed by atoms with van der Waals surface area (Å²) in [7, 11) is 0. The average molecular weight is 1100 g/mol. The Hall–Kier alpha value is -5.13. The van der Waals surface area contributed by atoms with Crippen LogP contribution in [0.3, 0.4) is 0 Å². The number of carbonyl (C=O) groups is 9. The summed E-state index contributed by atoms with van der Waals surface area (Å²) in [5.74, 6) is -7.44. The molecule has 446 valence electrons. The lowest BCUT2D eigenvalue weighted by Gasteiger charge is -2.13. The summed E-state index contributed by atoms with van der Waals surface area (Å²) in [6.45, 7) is 23.1. The van der Waals surface area contributed by atoms with Gasteiger partial charge in [-0.3, -0.25) is 24.0 Å². The second kappa shape index (κ2) is 51.0. The van der Waals surface area contributed by atoms with Crippen molar-refractivity contribution in [3.8, 4) is 0 Å². The largest absolute Gasteiger partial charge is 0.481 e. The van der Waals surface area contributed by atoms with Crippen LogP contribution < -0.4 is 28.7 Å². The van der Waals surface area contributed by atoms with Crippen LogP contribution in [-0.4, -0.2) is 177 Å². The molecule has 0 aliphatic carbocycles. The smallest absolute Gasteiger partial charge is 0.335 e. The zero-order valence-corrected chi connectivity index (χ0v) is 45.6. The van der Waals surface area contributed by atoms with Crippen LogP contribution in [0.4, 0.5) is 0 Å². The monoisotopic (exact) mass is 1100 g/mol. The van der Waals surface area contributed by atoms with E-state index in [-0.39, 0.29) is 61.7 Å². The molecule has 0 aromatic carbocycles. The molecule has 0 heterocycles. The number of aliphatic hydroxyl groups is 4. The second-order valence-corrected chi connectivity index (χ2v) is 19.8. The summed E-state index contributed by atoms with van der Waals surface area (Å²) in [6.07, 6.45) is -3.52. The van der Waals surface area contributed by atoms with Gasteiger partial charge < -0.3 is 95.1 Å². The van der Waals surface area contributed by atoms with Gasteiger partial charge in [0.2, 0.25) is 0 Å². The van der Waals surface area contributed by atoms with Crippen LogP contribution in [0.5, 0.6) is 0 Å². The van der Waals surface area contributed by atoms with Crippen LogP contribution in [0.1, 0.15) is 133 Å². The number of carboxylic acids is 9. The third-order valence-corrected chi connectivity index (χ3v) is 9.62. The normalized spacial score (nSPS) is 14.1. The maximum atomic E-state index is 10.3. The van der Waals surface area contributed by atoms with Gasteiger partial charge in [0.1, 0.15) is 0 Å². The highest BCUT2D eigenvalue weighted by Crippen LogP contribution is 2.17. The van der Waals surface area contributed by atoms with Gasteiger partial charge in [-0.25, -0.2) is 19.2 Å². The molecule has 75 heavy (non-hydrogen) atoms. The fraction of sp³-hybridized carbons (Fsp3) is 0.812. The Labute approximate surface area is 440 Å². The molecule has 0 aliphatic rings. The first-order valence-corrected chi connectivity index (χ1v) is 24.5. The minimum Gasteiger partial charge on any atom is -0.481 e. The Balaban J connectivity index is -0.000000144. The molecule has 0 fully saturated rings. The van der Waals surface area contributed by atoms with E-state index in [1.807, 2.05) is 0 Å². The Morgan fingerprint density at radius 1 is 0.267 bits per heavy atom. The fourth-order valence-electron chi connectivity index (χ4n) is 6.42. The number of nitrogens with two attached hydrogens (primary N) is 5. The topological polar surface area (TPSA) is 547 Å². The Morgan fingerprint density at radius 2 is 0.373 bits per heavy atom. The van der Waals surface area contributed by atoms with Crippen molar-refractivity contribution in [2.24, 2.45) is 87.8 Å². The molecule has 0 spiro atoms. The van der Waals surface area contributed by atoms with E-state index in [0.29, 0.717) is 62.3 Å². The molecule has 0 aliphatic heterocycles. The van der Waals surface area contributed by atoms with Crippen molar-refractivity contribution in [1.29, 1.82) is 0 Å². The van der Waals surface area contributed by atoms with Crippen LogP contribution in [0.2, 0.25) is 0 Å². The van der Waals surface area contributed by atoms with Gasteiger partial charge in [-0.2, -0.15) is 0 Å². The first kappa shape index (κ1) is 83.8. The maximum Gasteiger partial charge on any atom is 0.335 e. The quantitative estimate of drug-likeness (QED) is 0.0463. The van der Waals surface area contributed by atoms with E-state index < -0.39 is 78.1 Å². The lowest BCUT2D eigenvalue weighted by molar-refractivity contribution is -0.165. The molecule has 27 nitrogen and oxygen atoms in total. The highest BCUT2D eigenvalue weighted by molar-refractivity contribution is 5.83. The Kier molecular flexibility index (Phi) is 57.0. The van der Waals surface area contributed by atoms with Gasteiger partial charge in [0.25, 0.3) is 0 Å². The number of aliphatic carboxylic acids is 9.